The molecule has 1 unspecified atom stereocenters. The van der Waals surface area contributed by atoms with Crippen LogP contribution in [0.3, 0.4) is 0 Å². The van der Waals surface area contributed by atoms with Gasteiger partial charge in [0, 0.05) is 18.4 Å². The van der Waals surface area contributed by atoms with Gasteiger partial charge in [0.25, 0.3) is 0 Å². The normalized spacial score (nSPS) is 14.1. The molecule has 0 saturated carbocycles. The van der Waals surface area contributed by atoms with Gasteiger partial charge in [-0.3, -0.25) is 0 Å². The quantitative estimate of drug-likeness (QED) is 0.643. The molecule has 0 saturated heterocycles. The van der Waals surface area contributed by atoms with Crippen LogP contribution in [0, 0.1) is 0 Å². The summed E-state index contributed by atoms with van der Waals surface area (Å²) in [6, 6.07) is 0.396. The van der Waals surface area contributed by atoms with Crippen LogP contribution < -0.4 is 5.32 Å². The van der Waals surface area contributed by atoms with Crippen molar-refractivity contribution in [2.45, 2.75) is 32.5 Å². The van der Waals surface area contributed by atoms with Crippen LogP contribution >= 0.6 is 11.8 Å². The average Bonchev–Trinajstić information content (AvgIpc) is 2.18. The highest BCUT2D eigenvalue weighted by molar-refractivity contribution is 7.99. The molecule has 6 heteroatoms. The topological polar surface area (TPSA) is 21.3 Å². The van der Waals surface area contributed by atoms with Crippen LogP contribution in [0.2, 0.25) is 0 Å². The Morgan fingerprint density at radius 3 is 2.62 bits per heavy atom. The molecule has 1 N–H and O–H groups in total. The number of alkyl halides is 3. The van der Waals surface area contributed by atoms with Crippen LogP contribution in [-0.4, -0.2) is 43.5 Å². The van der Waals surface area contributed by atoms with Crippen molar-refractivity contribution < 1.29 is 17.9 Å². The molecule has 0 rings (SSSR count). The molecule has 16 heavy (non-hydrogen) atoms. The molecular formula is C10H20F3NOS. The second-order valence-electron chi connectivity index (χ2n) is 3.54. The van der Waals surface area contributed by atoms with Gasteiger partial charge in [0.15, 0.2) is 0 Å². The number of thioether (sulfide) groups is 1. The predicted octanol–water partition coefficient (Wildman–Crippen LogP) is 2.69. The first-order chi connectivity index (χ1) is 7.45. The molecule has 0 aromatic heterocycles. The lowest BCUT2D eigenvalue weighted by molar-refractivity contribution is -0.173. The zero-order valence-electron chi connectivity index (χ0n) is 9.77. The summed E-state index contributed by atoms with van der Waals surface area (Å²) in [5.74, 6) is 2.11. The first-order valence-electron chi connectivity index (χ1n) is 5.41. The first kappa shape index (κ1) is 16.1. The van der Waals surface area contributed by atoms with E-state index in [2.05, 4.69) is 23.9 Å². The Bertz CT molecular complexity index is 167. The van der Waals surface area contributed by atoms with E-state index in [0.29, 0.717) is 19.0 Å². The number of hydrogen-bond acceptors (Lipinski definition) is 3. The lowest BCUT2D eigenvalue weighted by atomic mass is 10.3. The zero-order chi connectivity index (χ0) is 12.4. The van der Waals surface area contributed by atoms with Crippen molar-refractivity contribution in [1.29, 1.82) is 0 Å². The Hall–Kier alpha value is 0.0600. The highest BCUT2D eigenvalue weighted by atomic mass is 32.2. The molecular weight excluding hydrogens is 239 g/mol. The zero-order valence-corrected chi connectivity index (χ0v) is 10.6. The van der Waals surface area contributed by atoms with Crippen molar-refractivity contribution >= 4 is 11.8 Å². The van der Waals surface area contributed by atoms with Crippen LogP contribution in [0.5, 0.6) is 0 Å². The third-order valence-corrected chi connectivity index (χ3v) is 2.94. The molecule has 0 aliphatic heterocycles. The highest BCUT2D eigenvalue weighted by Gasteiger charge is 2.27. The van der Waals surface area contributed by atoms with Gasteiger partial charge >= 0.3 is 6.18 Å². The van der Waals surface area contributed by atoms with Gasteiger partial charge in [-0.1, -0.05) is 6.92 Å². The molecule has 0 aliphatic rings. The van der Waals surface area contributed by atoms with Gasteiger partial charge in [-0.25, -0.2) is 0 Å². The minimum atomic E-state index is -4.21. The van der Waals surface area contributed by atoms with E-state index in [1.54, 1.807) is 0 Å². The molecule has 0 heterocycles. The lowest BCUT2D eigenvalue weighted by Gasteiger charge is -2.13. The van der Waals surface area contributed by atoms with E-state index in [9.17, 15) is 13.2 Å². The summed E-state index contributed by atoms with van der Waals surface area (Å²) in [6.07, 6.45) is -3.60. The van der Waals surface area contributed by atoms with E-state index in [1.807, 2.05) is 11.8 Å². The van der Waals surface area contributed by atoms with E-state index in [0.717, 1.165) is 11.5 Å². The largest absolute Gasteiger partial charge is 0.411 e. The molecule has 0 aromatic carbocycles. The maximum absolute atomic E-state index is 11.7. The van der Waals surface area contributed by atoms with Crippen molar-refractivity contribution in [1.82, 2.24) is 5.32 Å². The van der Waals surface area contributed by atoms with Gasteiger partial charge < -0.3 is 10.1 Å². The van der Waals surface area contributed by atoms with E-state index in [1.165, 1.54) is 0 Å². The van der Waals surface area contributed by atoms with Crippen LogP contribution in [0.4, 0.5) is 13.2 Å². The summed E-state index contributed by atoms with van der Waals surface area (Å²) < 4.78 is 39.6. The SMILES string of the molecule is CCSCC(C)NCCCOCC(F)(F)F. The Morgan fingerprint density at radius 1 is 1.38 bits per heavy atom. The molecule has 1 atom stereocenters. The summed E-state index contributed by atoms with van der Waals surface area (Å²) >= 11 is 1.85. The van der Waals surface area contributed by atoms with Gasteiger partial charge in [0.05, 0.1) is 0 Å². The van der Waals surface area contributed by atoms with Crippen molar-refractivity contribution in [3.63, 3.8) is 0 Å². The summed E-state index contributed by atoms with van der Waals surface area (Å²) in [4.78, 5) is 0. The molecule has 0 radical (unpaired) electrons. The van der Waals surface area contributed by atoms with E-state index in [-0.39, 0.29) is 6.61 Å². The van der Waals surface area contributed by atoms with Gasteiger partial charge in [-0.05, 0) is 25.6 Å². The van der Waals surface area contributed by atoms with Crippen molar-refractivity contribution in [2.75, 3.05) is 31.3 Å². The number of hydrogen-bond donors (Lipinski definition) is 1. The Morgan fingerprint density at radius 2 is 2.06 bits per heavy atom. The van der Waals surface area contributed by atoms with Crippen LogP contribution in [-0.2, 0) is 4.74 Å². The van der Waals surface area contributed by atoms with E-state index >= 15 is 0 Å². The fraction of sp³-hybridized carbons (Fsp3) is 1.00. The van der Waals surface area contributed by atoms with Crippen molar-refractivity contribution in [3.8, 4) is 0 Å². The third-order valence-electron chi connectivity index (χ3n) is 1.80. The molecule has 0 aromatic rings. The standard InChI is InChI=1S/C10H20F3NOS/c1-3-16-7-9(2)14-5-4-6-15-8-10(11,12)13/h9,14H,3-8H2,1-2H3. The van der Waals surface area contributed by atoms with Gasteiger partial charge in [-0.2, -0.15) is 24.9 Å². The molecule has 0 fully saturated rings. The van der Waals surface area contributed by atoms with Crippen LogP contribution in [0.25, 0.3) is 0 Å². The summed E-state index contributed by atoms with van der Waals surface area (Å²) in [6.45, 7) is 3.87. The van der Waals surface area contributed by atoms with Crippen molar-refractivity contribution in [3.05, 3.63) is 0 Å². The van der Waals surface area contributed by atoms with E-state index < -0.39 is 12.8 Å². The maximum Gasteiger partial charge on any atom is 0.411 e. The fourth-order valence-corrected chi connectivity index (χ4v) is 1.77. The molecule has 0 amide bonds. The van der Waals surface area contributed by atoms with Crippen LogP contribution in [0.1, 0.15) is 20.3 Å². The number of halogens is 3. The summed E-state index contributed by atoms with van der Waals surface area (Å²) in [7, 11) is 0. The minimum Gasteiger partial charge on any atom is -0.372 e. The smallest absolute Gasteiger partial charge is 0.372 e. The summed E-state index contributed by atoms with van der Waals surface area (Å²) in [5, 5.41) is 3.23. The Balaban J connectivity index is 3.20. The summed E-state index contributed by atoms with van der Waals surface area (Å²) in [5.41, 5.74) is 0. The van der Waals surface area contributed by atoms with Gasteiger partial charge in [-0.15, -0.1) is 0 Å². The molecule has 98 valence electrons. The van der Waals surface area contributed by atoms with Crippen LogP contribution in [0.15, 0.2) is 0 Å². The average molecular weight is 259 g/mol. The lowest BCUT2D eigenvalue weighted by Crippen LogP contribution is -2.30. The molecule has 0 spiro atoms. The Labute approximate surface area is 99.3 Å². The van der Waals surface area contributed by atoms with Gasteiger partial charge in [0.1, 0.15) is 6.61 Å². The van der Waals surface area contributed by atoms with Gasteiger partial charge in [0.2, 0.25) is 0 Å². The minimum absolute atomic E-state index is 0.153. The maximum atomic E-state index is 11.7. The number of ether oxygens (including phenoxy) is 1. The van der Waals surface area contributed by atoms with Crippen molar-refractivity contribution in [2.24, 2.45) is 0 Å². The number of nitrogens with one attached hydrogen (secondary N) is 1. The van der Waals surface area contributed by atoms with E-state index in [4.69, 9.17) is 0 Å². The second kappa shape index (κ2) is 9.13. The molecule has 0 aliphatic carbocycles. The predicted molar refractivity (Wildman–Crippen MR) is 62.0 cm³/mol. The number of rotatable bonds is 9. The fourth-order valence-electron chi connectivity index (χ4n) is 1.06. The monoisotopic (exact) mass is 259 g/mol. The molecule has 2 nitrogen and oxygen atoms in total. The molecule has 0 bridgehead atoms. The third kappa shape index (κ3) is 12.1. The second-order valence-corrected chi connectivity index (χ2v) is 4.85. The highest BCUT2D eigenvalue weighted by Crippen LogP contribution is 2.14. The Kier molecular flexibility index (Phi) is 9.16. The first-order valence-corrected chi connectivity index (χ1v) is 6.56.